The lowest BCUT2D eigenvalue weighted by molar-refractivity contribution is -0.0674. The SMILES string of the molecule is NC1CC(OC2CCCCCCC2)C1. The van der Waals surface area contributed by atoms with Gasteiger partial charge in [-0.05, 0) is 25.7 Å². The standard InChI is InChI=1S/C12H23NO/c13-10-8-12(9-10)14-11-6-4-2-1-3-5-7-11/h10-12H,1-9,13H2. The lowest BCUT2D eigenvalue weighted by atomic mass is 9.89. The largest absolute Gasteiger partial charge is 0.375 e. The molecule has 2 aliphatic rings. The summed E-state index contributed by atoms with van der Waals surface area (Å²) in [6, 6.07) is 0.425. The highest BCUT2D eigenvalue weighted by atomic mass is 16.5. The Balaban J connectivity index is 1.67. The van der Waals surface area contributed by atoms with Gasteiger partial charge in [0.05, 0.1) is 12.2 Å². The average Bonchev–Trinajstić information content (AvgIpc) is 2.06. The molecule has 0 aliphatic heterocycles. The Kier molecular flexibility index (Phi) is 3.82. The van der Waals surface area contributed by atoms with E-state index in [9.17, 15) is 0 Å². The third-order valence-corrected chi connectivity index (χ3v) is 3.57. The molecule has 0 bridgehead atoms. The summed E-state index contributed by atoms with van der Waals surface area (Å²) in [7, 11) is 0. The molecule has 2 heteroatoms. The van der Waals surface area contributed by atoms with E-state index in [1.807, 2.05) is 0 Å². The number of rotatable bonds is 2. The van der Waals surface area contributed by atoms with E-state index in [-0.39, 0.29) is 0 Å². The molecule has 0 radical (unpaired) electrons. The molecule has 14 heavy (non-hydrogen) atoms. The Morgan fingerprint density at radius 1 is 0.786 bits per heavy atom. The lowest BCUT2D eigenvalue weighted by Gasteiger charge is -2.35. The normalized spacial score (nSPS) is 35.8. The Morgan fingerprint density at radius 3 is 1.93 bits per heavy atom. The van der Waals surface area contributed by atoms with Gasteiger partial charge in [-0.25, -0.2) is 0 Å². The fourth-order valence-corrected chi connectivity index (χ4v) is 2.54. The van der Waals surface area contributed by atoms with Crippen molar-refractivity contribution in [2.75, 3.05) is 0 Å². The highest BCUT2D eigenvalue weighted by Crippen LogP contribution is 2.27. The molecule has 0 amide bonds. The zero-order valence-corrected chi connectivity index (χ0v) is 9.08. The molecule has 82 valence electrons. The van der Waals surface area contributed by atoms with E-state index in [1.54, 1.807) is 0 Å². The van der Waals surface area contributed by atoms with Gasteiger partial charge < -0.3 is 10.5 Å². The number of hydrogen-bond acceptors (Lipinski definition) is 2. The topological polar surface area (TPSA) is 35.2 Å². The van der Waals surface area contributed by atoms with Gasteiger partial charge in [0.2, 0.25) is 0 Å². The van der Waals surface area contributed by atoms with Crippen LogP contribution in [0.25, 0.3) is 0 Å². The molecule has 0 aromatic rings. The van der Waals surface area contributed by atoms with Crippen LogP contribution in [-0.2, 0) is 4.74 Å². The molecule has 2 aliphatic carbocycles. The average molecular weight is 197 g/mol. The van der Waals surface area contributed by atoms with E-state index >= 15 is 0 Å². The fraction of sp³-hybridized carbons (Fsp3) is 1.00. The minimum Gasteiger partial charge on any atom is -0.375 e. The third-order valence-electron chi connectivity index (χ3n) is 3.57. The van der Waals surface area contributed by atoms with Crippen molar-refractivity contribution in [3.05, 3.63) is 0 Å². The van der Waals surface area contributed by atoms with Gasteiger partial charge in [0, 0.05) is 6.04 Å². The van der Waals surface area contributed by atoms with Crippen molar-refractivity contribution >= 4 is 0 Å². The van der Waals surface area contributed by atoms with Crippen molar-refractivity contribution < 1.29 is 4.74 Å². The minimum absolute atomic E-state index is 0.425. The smallest absolute Gasteiger partial charge is 0.0608 e. The Morgan fingerprint density at radius 2 is 1.36 bits per heavy atom. The number of ether oxygens (including phenoxy) is 1. The second-order valence-electron chi connectivity index (χ2n) is 4.96. The molecule has 0 heterocycles. The van der Waals surface area contributed by atoms with Gasteiger partial charge in [-0.3, -0.25) is 0 Å². The van der Waals surface area contributed by atoms with Crippen LogP contribution in [0.2, 0.25) is 0 Å². The van der Waals surface area contributed by atoms with Crippen LogP contribution in [0.5, 0.6) is 0 Å². The third kappa shape index (κ3) is 2.96. The Hall–Kier alpha value is -0.0800. The first-order valence-corrected chi connectivity index (χ1v) is 6.25. The van der Waals surface area contributed by atoms with Crippen molar-refractivity contribution in [2.45, 2.75) is 76.0 Å². The predicted octanol–water partition coefficient (Wildman–Crippen LogP) is 2.61. The summed E-state index contributed by atoms with van der Waals surface area (Å²) in [5.41, 5.74) is 5.75. The summed E-state index contributed by atoms with van der Waals surface area (Å²) in [6.07, 6.45) is 12.8. The van der Waals surface area contributed by atoms with Gasteiger partial charge in [0.25, 0.3) is 0 Å². The monoisotopic (exact) mass is 197 g/mol. The van der Waals surface area contributed by atoms with Crippen LogP contribution in [0.15, 0.2) is 0 Å². The van der Waals surface area contributed by atoms with Crippen molar-refractivity contribution in [1.29, 1.82) is 0 Å². The van der Waals surface area contributed by atoms with Crippen molar-refractivity contribution in [3.8, 4) is 0 Å². The van der Waals surface area contributed by atoms with Gasteiger partial charge in [0.15, 0.2) is 0 Å². The first-order valence-electron chi connectivity index (χ1n) is 6.25. The van der Waals surface area contributed by atoms with Crippen LogP contribution in [-0.4, -0.2) is 18.2 Å². The van der Waals surface area contributed by atoms with Crippen molar-refractivity contribution in [2.24, 2.45) is 5.73 Å². The molecule has 0 spiro atoms. The second kappa shape index (κ2) is 5.13. The van der Waals surface area contributed by atoms with Crippen LogP contribution in [0, 0.1) is 0 Å². The first kappa shape index (κ1) is 10.4. The molecule has 2 saturated carbocycles. The van der Waals surface area contributed by atoms with Crippen molar-refractivity contribution in [3.63, 3.8) is 0 Å². The molecule has 2 nitrogen and oxygen atoms in total. The summed E-state index contributed by atoms with van der Waals surface area (Å²) in [6.45, 7) is 0. The summed E-state index contributed by atoms with van der Waals surface area (Å²) in [4.78, 5) is 0. The summed E-state index contributed by atoms with van der Waals surface area (Å²) < 4.78 is 6.05. The molecule has 0 saturated heterocycles. The first-order chi connectivity index (χ1) is 6.84. The summed E-state index contributed by atoms with van der Waals surface area (Å²) in [5.74, 6) is 0. The van der Waals surface area contributed by atoms with Crippen LogP contribution in [0.1, 0.15) is 57.8 Å². The highest BCUT2D eigenvalue weighted by Gasteiger charge is 2.28. The highest BCUT2D eigenvalue weighted by molar-refractivity contribution is 4.84. The maximum atomic E-state index is 6.05. The molecule has 0 aromatic carbocycles. The van der Waals surface area contributed by atoms with E-state index in [0.29, 0.717) is 18.2 Å². The van der Waals surface area contributed by atoms with Gasteiger partial charge in [-0.15, -0.1) is 0 Å². The molecule has 0 atom stereocenters. The van der Waals surface area contributed by atoms with E-state index in [1.165, 1.54) is 44.9 Å². The maximum Gasteiger partial charge on any atom is 0.0608 e. The van der Waals surface area contributed by atoms with Gasteiger partial charge in [-0.1, -0.05) is 32.1 Å². The molecule has 2 rings (SSSR count). The maximum absolute atomic E-state index is 6.05. The van der Waals surface area contributed by atoms with E-state index in [0.717, 1.165) is 12.8 Å². The second-order valence-corrected chi connectivity index (χ2v) is 4.96. The molecule has 2 fully saturated rings. The Bertz CT molecular complexity index is 158. The van der Waals surface area contributed by atoms with Crippen LogP contribution in [0.3, 0.4) is 0 Å². The van der Waals surface area contributed by atoms with E-state index < -0.39 is 0 Å². The number of hydrogen-bond donors (Lipinski definition) is 1. The summed E-state index contributed by atoms with van der Waals surface area (Å²) >= 11 is 0. The quantitative estimate of drug-likeness (QED) is 0.738. The van der Waals surface area contributed by atoms with Crippen LogP contribution < -0.4 is 5.73 Å². The zero-order valence-electron chi connectivity index (χ0n) is 9.08. The molecular formula is C12H23NO. The van der Waals surface area contributed by atoms with E-state index in [2.05, 4.69) is 0 Å². The predicted molar refractivity (Wildman–Crippen MR) is 58.2 cm³/mol. The van der Waals surface area contributed by atoms with Gasteiger partial charge in [-0.2, -0.15) is 0 Å². The van der Waals surface area contributed by atoms with Gasteiger partial charge in [0.1, 0.15) is 0 Å². The van der Waals surface area contributed by atoms with Crippen molar-refractivity contribution in [1.82, 2.24) is 0 Å². The fourth-order valence-electron chi connectivity index (χ4n) is 2.54. The summed E-state index contributed by atoms with van der Waals surface area (Å²) in [5, 5.41) is 0. The minimum atomic E-state index is 0.425. The molecule has 0 unspecified atom stereocenters. The van der Waals surface area contributed by atoms with E-state index in [4.69, 9.17) is 10.5 Å². The Labute approximate surface area is 87.2 Å². The lowest BCUT2D eigenvalue weighted by Crippen LogP contribution is -2.43. The molecule has 2 N–H and O–H groups in total. The zero-order chi connectivity index (χ0) is 9.80. The number of nitrogens with two attached hydrogens (primary N) is 1. The van der Waals surface area contributed by atoms with Crippen LogP contribution in [0.4, 0.5) is 0 Å². The molecule has 0 aromatic heterocycles. The molecular weight excluding hydrogens is 174 g/mol. The van der Waals surface area contributed by atoms with Gasteiger partial charge >= 0.3 is 0 Å². The van der Waals surface area contributed by atoms with Crippen LogP contribution >= 0.6 is 0 Å².